The number of nitrogens with one attached hydrogen (secondary N) is 1. The van der Waals surface area contributed by atoms with E-state index in [1.165, 1.54) is 31.0 Å². The van der Waals surface area contributed by atoms with Crippen molar-refractivity contribution in [1.29, 1.82) is 0 Å². The minimum absolute atomic E-state index is 0.0113. The zero-order valence-corrected chi connectivity index (χ0v) is 22.0. The van der Waals surface area contributed by atoms with Gasteiger partial charge >= 0.3 is 5.97 Å². The van der Waals surface area contributed by atoms with E-state index in [0.717, 1.165) is 18.8 Å². The van der Waals surface area contributed by atoms with Crippen molar-refractivity contribution in [3.05, 3.63) is 58.1 Å². The van der Waals surface area contributed by atoms with E-state index in [0.29, 0.717) is 11.4 Å². The Morgan fingerprint density at radius 1 is 1.22 bits per heavy atom. The van der Waals surface area contributed by atoms with E-state index in [-0.39, 0.29) is 39.6 Å². The van der Waals surface area contributed by atoms with E-state index < -0.39 is 17.7 Å². The molecule has 3 aromatic rings. The molecular weight excluding hydrogens is 501 g/mol. The van der Waals surface area contributed by atoms with Crippen LogP contribution in [0.5, 0.6) is 0 Å². The van der Waals surface area contributed by atoms with Gasteiger partial charge in [0.25, 0.3) is 5.91 Å². The van der Waals surface area contributed by atoms with Crippen molar-refractivity contribution in [1.82, 2.24) is 19.9 Å². The lowest BCUT2D eigenvalue weighted by atomic mass is 10.1. The van der Waals surface area contributed by atoms with Crippen LogP contribution in [-0.2, 0) is 4.74 Å². The monoisotopic (exact) mass is 529 g/mol. The van der Waals surface area contributed by atoms with Crippen LogP contribution in [0.4, 0.5) is 21.5 Å². The van der Waals surface area contributed by atoms with Gasteiger partial charge in [-0.15, -0.1) is 5.10 Å². The summed E-state index contributed by atoms with van der Waals surface area (Å²) in [6.45, 7) is 7.23. The average Bonchev–Trinajstić information content (AvgIpc) is 3.37. The van der Waals surface area contributed by atoms with Gasteiger partial charge in [0.1, 0.15) is 0 Å². The van der Waals surface area contributed by atoms with Gasteiger partial charge in [-0.1, -0.05) is 16.8 Å². The Balaban J connectivity index is 1.75. The first-order valence-electron chi connectivity index (χ1n) is 11.7. The van der Waals surface area contributed by atoms with E-state index in [4.69, 9.17) is 22.1 Å². The number of aromatic nitrogens is 3. The molecule has 1 aromatic heterocycles. The van der Waals surface area contributed by atoms with Gasteiger partial charge in [-0.25, -0.2) is 13.9 Å². The van der Waals surface area contributed by atoms with Crippen LogP contribution < -0.4 is 16.0 Å². The molecule has 2 aromatic carbocycles. The minimum atomic E-state index is -0.655. The zero-order chi connectivity index (χ0) is 27.0. The number of carbonyl (C=O) groups is 2. The van der Waals surface area contributed by atoms with Gasteiger partial charge in [-0.3, -0.25) is 9.69 Å². The standard InChI is InChI=1S/C25H29ClFN7O3/c1-13-10-33(11-14(2)32(13)4)21-7-6-16(34-12-20(30-31-34)25(36)37-5)8-19(21)29-24(35)17-9-18(28)23(27)15(3)22(17)26/h6-9,12-14H,10-11,28H2,1-5H3,(H,29,35)/t13-,14+. The number of nitrogens with zero attached hydrogens (tertiary/aromatic N) is 5. The number of halogens is 2. The third-order valence-electron chi connectivity index (χ3n) is 6.77. The van der Waals surface area contributed by atoms with Crippen LogP contribution in [0.2, 0.25) is 5.02 Å². The van der Waals surface area contributed by atoms with Gasteiger partial charge in [0.15, 0.2) is 11.5 Å². The summed E-state index contributed by atoms with van der Waals surface area (Å²) in [7, 11) is 3.35. The maximum Gasteiger partial charge on any atom is 0.360 e. The van der Waals surface area contributed by atoms with Crippen LogP contribution in [0.25, 0.3) is 5.69 Å². The molecule has 196 valence electrons. The molecule has 4 rings (SSSR count). The lowest BCUT2D eigenvalue weighted by Gasteiger charge is -2.44. The number of likely N-dealkylation sites (N-methyl/N-ethyl adjacent to an activating group) is 1. The van der Waals surface area contributed by atoms with Crippen LogP contribution in [-0.4, -0.2) is 71.1 Å². The highest BCUT2D eigenvalue weighted by Crippen LogP contribution is 2.33. The molecule has 1 aliphatic heterocycles. The van der Waals surface area contributed by atoms with Crippen molar-refractivity contribution in [3.8, 4) is 5.69 Å². The fourth-order valence-corrected chi connectivity index (χ4v) is 4.61. The molecule has 1 amide bonds. The molecule has 0 unspecified atom stereocenters. The zero-order valence-electron chi connectivity index (χ0n) is 21.2. The van der Waals surface area contributed by atoms with Gasteiger partial charge in [0.05, 0.1) is 46.6 Å². The Morgan fingerprint density at radius 2 is 1.89 bits per heavy atom. The number of piperazine rings is 1. The molecule has 10 nitrogen and oxygen atoms in total. The van der Waals surface area contributed by atoms with Crippen LogP contribution >= 0.6 is 11.6 Å². The van der Waals surface area contributed by atoms with Crippen molar-refractivity contribution in [2.45, 2.75) is 32.9 Å². The van der Waals surface area contributed by atoms with Crippen molar-refractivity contribution in [2.24, 2.45) is 0 Å². The molecule has 1 aliphatic rings. The fourth-order valence-electron chi connectivity index (χ4n) is 4.38. The average molecular weight is 530 g/mol. The number of rotatable bonds is 5. The van der Waals surface area contributed by atoms with Gasteiger partial charge in [-0.2, -0.15) is 0 Å². The van der Waals surface area contributed by atoms with Crippen molar-refractivity contribution in [3.63, 3.8) is 0 Å². The van der Waals surface area contributed by atoms with Gasteiger partial charge in [0.2, 0.25) is 0 Å². The Hall–Kier alpha value is -3.70. The molecule has 0 aliphatic carbocycles. The van der Waals surface area contributed by atoms with E-state index in [2.05, 4.69) is 46.3 Å². The number of nitrogen functional groups attached to an aromatic ring is 1. The third-order valence-corrected chi connectivity index (χ3v) is 7.26. The summed E-state index contributed by atoms with van der Waals surface area (Å²) in [6.07, 6.45) is 1.44. The van der Waals surface area contributed by atoms with Crippen molar-refractivity contribution >= 4 is 40.5 Å². The first-order chi connectivity index (χ1) is 17.5. The molecule has 2 atom stereocenters. The first kappa shape index (κ1) is 26.4. The summed E-state index contributed by atoms with van der Waals surface area (Å²) in [6, 6.07) is 7.20. The van der Waals surface area contributed by atoms with Gasteiger partial charge in [0, 0.05) is 30.7 Å². The second-order valence-electron chi connectivity index (χ2n) is 9.23. The summed E-state index contributed by atoms with van der Waals surface area (Å²) in [4.78, 5) is 29.7. The summed E-state index contributed by atoms with van der Waals surface area (Å²) >= 11 is 6.31. The number of hydrogen-bond acceptors (Lipinski definition) is 8. The fraction of sp³-hybridized carbons (Fsp3) is 0.360. The maximum absolute atomic E-state index is 14.2. The first-order valence-corrected chi connectivity index (χ1v) is 12.1. The molecule has 1 saturated heterocycles. The number of amides is 1. The number of benzene rings is 2. The summed E-state index contributed by atoms with van der Waals surface area (Å²) < 4.78 is 20.3. The van der Waals surface area contributed by atoms with E-state index in [1.54, 1.807) is 6.07 Å². The van der Waals surface area contributed by atoms with Crippen LogP contribution in [0, 0.1) is 12.7 Å². The SMILES string of the molecule is COC(=O)c1cn(-c2ccc(N3C[C@@H](C)N(C)[C@@H](C)C3)c(NC(=O)c3cc(N)c(F)c(C)c3Cl)c2)nn1. The van der Waals surface area contributed by atoms with Crippen LogP contribution in [0.3, 0.4) is 0 Å². The molecule has 0 saturated carbocycles. The Kier molecular flexibility index (Phi) is 7.37. The van der Waals surface area contributed by atoms with E-state index in [1.807, 2.05) is 12.1 Å². The summed E-state index contributed by atoms with van der Waals surface area (Å²) in [5.41, 5.74) is 7.63. The Morgan fingerprint density at radius 3 is 2.54 bits per heavy atom. The second kappa shape index (κ2) is 10.3. The van der Waals surface area contributed by atoms with Crippen LogP contribution in [0.1, 0.15) is 40.3 Å². The molecule has 37 heavy (non-hydrogen) atoms. The molecule has 0 radical (unpaired) electrons. The van der Waals surface area contributed by atoms with Gasteiger partial charge in [-0.05, 0) is 52.1 Å². The molecule has 2 heterocycles. The molecular formula is C25H29ClFN7O3. The maximum atomic E-state index is 14.2. The second-order valence-corrected chi connectivity index (χ2v) is 9.61. The van der Waals surface area contributed by atoms with Gasteiger partial charge < -0.3 is 20.7 Å². The number of methoxy groups -OCH3 is 1. The Bertz CT molecular complexity index is 1350. The predicted octanol–water partition coefficient (Wildman–Crippen LogP) is 3.52. The lowest BCUT2D eigenvalue weighted by Crippen LogP contribution is -2.55. The number of anilines is 3. The molecule has 0 bridgehead atoms. The number of hydrogen-bond donors (Lipinski definition) is 2. The van der Waals surface area contributed by atoms with E-state index in [9.17, 15) is 14.0 Å². The molecule has 1 fully saturated rings. The van der Waals surface area contributed by atoms with Crippen molar-refractivity contribution < 1.29 is 18.7 Å². The topological polar surface area (TPSA) is 119 Å². The normalized spacial score (nSPS) is 18.1. The molecule has 0 spiro atoms. The highest BCUT2D eigenvalue weighted by atomic mass is 35.5. The van der Waals surface area contributed by atoms with Crippen LogP contribution in [0.15, 0.2) is 30.5 Å². The summed E-state index contributed by atoms with van der Waals surface area (Å²) in [5, 5.41) is 10.8. The van der Waals surface area contributed by atoms with Crippen molar-refractivity contribution in [2.75, 3.05) is 43.2 Å². The molecule has 12 heteroatoms. The number of carbonyl (C=O) groups excluding carboxylic acids is 2. The number of ether oxygens (including phenoxy) is 1. The minimum Gasteiger partial charge on any atom is -0.464 e. The quantitative estimate of drug-likeness (QED) is 0.381. The smallest absolute Gasteiger partial charge is 0.360 e. The highest BCUT2D eigenvalue weighted by Gasteiger charge is 2.29. The number of esters is 1. The highest BCUT2D eigenvalue weighted by molar-refractivity contribution is 6.35. The summed E-state index contributed by atoms with van der Waals surface area (Å²) in [5.74, 6) is -1.81. The van der Waals surface area contributed by atoms with E-state index >= 15 is 0 Å². The number of nitrogens with two attached hydrogens (primary N) is 1. The third kappa shape index (κ3) is 5.09. The largest absolute Gasteiger partial charge is 0.464 e. The lowest BCUT2D eigenvalue weighted by molar-refractivity contribution is 0.0593. The Labute approximate surface area is 219 Å². The molecule has 3 N–H and O–H groups in total. The predicted molar refractivity (Wildman–Crippen MR) is 140 cm³/mol.